The molecule has 0 spiro atoms. The highest BCUT2D eigenvalue weighted by Crippen LogP contribution is 2.30. The van der Waals surface area contributed by atoms with Crippen molar-refractivity contribution in [2.45, 2.75) is 37.8 Å². The van der Waals surface area contributed by atoms with Gasteiger partial charge in [-0.05, 0) is 26.2 Å². The van der Waals surface area contributed by atoms with Crippen molar-refractivity contribution >= 4 is 16.1 Å². The van der Waals surface area contributed by atoms with Gasteiger partial charge in [-0.15, -0.1) is 0 Å². The van der Waals surface area contributed by atoms with E-state index in [1.807, 2.05) is 0 Å². The molecule has 0 saturated carbocycles. The minimum absolute atomic E-state index is 0.0138. The fourth-order valence-corrected chi connectivity index (χ4v) is 2.20. The van der Waals surface area contributed by atoms with Crippen molar-refractivity contribution in [3.8, 4) is 0 Å². The lowest BCUT2D eigenvalue weighted by Gasteiger charge is -2.23. The zero-order chi connectivity index (χ0) is 14.7. The first-order chi connectivity index (χ1) is 8.69. The predicted octanol–water partition coefficient (Wildman–Crippen LogP) is 1.89. The van der Waals surface area contributed by atoms with Gasteiger partial charge in [-0.2, -0.15) is 21.6 Å². The first kappa shape index (κ1) is 16.0. The lowest BCUT2D eigenvalue weighted by molar-refractivity contribution is -0.139. The Bertz CT molecular complexity index is 466. The van der Waals surface area contributed by atoms with Gasteiger partial charge in [0, 0.05) is 0 Å². The molecule has 0 aliphatic heterocycles. The number of alkyl halides is 3. The second kappa shape index (κ2) is 5.91. The highest BCUT2D eigenvalue weighted by atomic mass is 32.2. The average Bonchev–Trinajstić information content (AvgIpc) is 2.28. The van der Waals surface area contributed by atoms with Crippen molar-refractivity contribution in [3.63, 3.8) is 0 Å². The predicted molar refractivity (Wildman–Crippen MR) is 58.4 cm³/mol. The minimum Gasteiger partial charge on any atom is -0.463 e. The van der Waals surface area contributed by atoms with Gasteiger partial charge in [0.1, 0.15) is 6.10 Å². The maximum Gasteiger partial charge on any atom is 0.523 e. The van der Waals surface area contributed by atoms with Crippen LogP contribution in [-0.2, 0) is 23.8 Å². The van der Waals surface area contributed by atoms with Crippen LogP contribution in [0.25, 0.3) is 0 Å². The second-order valence-electron chi connectivity index (χ2n) is 3.80. The minimum atomic E-state index is -5.73. The van der Waals surface area contributed by atoms with Crippen molar-refractivity contribution in [3.05, 3.63) is 11.6 Å². The monoisotopic (exact) mass is 302 g/mol. The van der Waals surface area contributed by atoms with Gasteiger partial charge in [0.2, 0.25) is 0 Å². The van der Waals surface area contributed by atoms with E-state index in [4.69, 9.17) is 0 Å². The van der Waals surface area contributed by atoms with Crippen LogP contribution in [0.1, 0.15) is 26.2 Å². The van der Waals surface area contributed by atoms with Crippen LogP contribution < -0.4 is 0 Å². The van der Waals surface area contributed by atoms with Crippen molar-refractivity contribution in [2.75, 3.05) is 6.61 Å². The number of carbonyl (C=O) groups is 1. The number of allylic oxidation sites excluding steroid dienone is 1. The van der Waals surface area contributed by atoms with Crippen LogP contribution in [-0.4, -0.2) is 32.6 Å². The molecule has 0 saturated heterocycles. The fourth-order valence-electron chi connectivity index (χ4n) is 1.58. The van der Waals surface area contributed by atoms with Gasteiger partial charge in [0.25, 0.3) is 0 Å². The molecule has 0 amide bonds. The summed E-state index contributed by atoms with van der Waals surface area (Å²) in [6, 6.07) is 0. The van der Waals surface area contributed by atoms with Gasteiger partial charge in [0.15, 0.2) is 0 Å². The normalized spacial score (nSPS) is 20.8. The topological polar surface area (TPSA) is 69.7 Å². The molecule has 0 N–H and O–H groups in total. The summed E-state index contributed by atoms with van der Waals surface area (Å²) < 4.78 is 67.2. The van der Waals surface area contributed by atoms with Gasteiger partial charge in [-0.3, -0.25) is 4.18 Å². The largest absolute Gasteiger partial charge is 0.523 e. The number of hydrogen-bond donors (Lipinski definition) is 0. The van der Waals surface area contributed by atoms with Crippen LogP contribution in [0.15, 0.2) is 11.6 Å². The third-order valence-corrected chi connectivity index (χ3v) is 3.47. The van der Waals surface area contributed by atoms with E-state index in [0.717, 1.165) is 0 Å². The summed E-state index contributed by atoms with van der Waals surface area (Å²) in [7, 11) is -5.73. The number of esters is 1. The quantitative estimate of drug-likeness (QED) is 0.450. The van der Waals surface area contributed by atoms with Gasteiger partial charge in [-0.25, -0.2) is 4.79 Å². The van der Waals surface area contributed by atoms with Crippen molar-refractivity contribution in [2.24, 2.45) is 0 Å². The Kier molecular flexibility index (Phi) is 4.97. The molecule has 1 aliphatic carbocycles. The summed E-state index contributed by atoms with van der Waals surface area (Å²) in [6.45, 7) is 1.57. The van der Waals surface area contributed by atoms with Crippen LogP contribution in [0.3, 0.4) is 0 Å². The van der Waals surface area contributed by atoms with Crippen molar-refractivity contribution in [1.82, 2.24) is 0 Å². The zero-order valence-electron chi connectivity index (χ0n) is 10.1. The highest BCUT2D eigenvalue weighted by Gasteiger charge is 2.49. The van der Waals surface area contributed by atoms with E-state index >= 15 is 0 Å². The number of rotatable bonds is 4. The van der Waals surface area contributed by atoms with Crippen LogP contribution in [0, 0.1) is 0 Å². The molecule has 0 aromatic rings. The van der Waals surface area contributed by atoms with Gasteiger partial charge < -0.3 is 4.74 Å². The van der Waals surface area contributed by atoms with Gasteiger partial charge in [-0.1, -0.05) is 6.08 Å². The van der Waals surface area contributed by atoms with E-state index in [1.165, 1.54) is 13.0 Å². The average molecular weight is 302 g/mol. The third-order valence-electron chi connectivity index (χ3n) is 2.42. The van der Waals surface area contributed by atoms with E-state index in [0.29, 0.717) is 12.8 Å². The first-order valence-corrected chi connectivity index (χ1v) is 6.96. The molecule has 1 aliphatic rings. The lowest BCUT2D eigenvalue weighted by atomic mass is 9.97. The molecule has 0 heterocycles. The van der Waals surface area contributed by atoms with Crippen molar-refractivity contribution in [1.29, 1.82) is 0 Å². The molecule has 1 rings (SSSR count). The molecule has 1 atom stereocenters. The van der Waals surface area contributed by atoms with E-state index in [-0.39, 0.29) is 18.6 Å². The zero-order valence-corrected chi connectivity index (χ0v) is 10.9. The number of carbonyl (C=O) groups excluding carboxylic acids is 1. The number of ether oxygens (including phenoxy) is 1. The van der Waals surface area contributed by atoms with Gasteiger partial charge >= 0.3 is 21.6 Å². The smallest absolute Gasteiger partial charge is 0.463 e. The summed E-state index contributed by atoms with van der Waals surface area (Å²) in [4.78, 5) is 11.5. The molecule has 0 aromatic heterocycles. The fraction of sp³-hybridized carbons (Fsp3) is 0.700. The Morgan fingerprint density at radius 3 is 2.63 bits per heavy atom. The number of hydrogen-bond acceptors (Lipinski definition) is 5. The standard InChI is InChI=1S/C10H13F3O5S/c1-2-17-9(14)7-5-3-4-6-8(7)18-19(15,16)10(11,12)13/h5,8H,2-4,6H2,1H3. The Balaban J connectivity index is 2.90. The highest BCUT2D eigenvalue weighted by molar-refractivity contribution is 7.87. The number of halogens is 3. The Labute approximate surface area is 108 Å². The van der Waals surface area contributed by atoms with E-state index in [9.17, 15) is 26.4 Å². The van der Waals surface area contributed by atoms with Crippen LogP contribution >= 0.6 is 0 Å². The third kappa shape index (κ3) is 3.93. The van der Waals surface area contributed by atoms with Crippen LogP contribution in [0.4, 0.5) is 13.2 Å². The Morgan fingerprint density at radius 1 is 1.47 bits per heavy atom. The van der Waals surface area contributed by atoms with E-state index in [2.05, 4.69) is 8.92 Å². The molecule has 1 unspecified atom stereocenters. The molecule has 19 heavy (non-hydrogen) atoms. The van der Waals surface area contributed by atoms with Crippen LogP contribution in [0.5, 0.6) is 0 Å². The first-order valence-electron chi connectivity index (χ1n) is 5.55. The van der Waals surface area contributed by atoms with Crippen LogP contribution in [0.2, 0.25) is 0 Å². The molecule has 0 fully saturated rings. The summed E-state index contributed by atoms with van der Waals surface area (Å²) in [6.07, 6.45) is 0.804. The Morgan fingerprint density at radius 2 is 2.11 bits per heavy atom. The maximum absolute atomic E-state index is 12.2. The van der Waals surface area contributed by atoms with E-state index in [1.54, 1.807) is 0 Å². The second-order valence-corrected chi connectivity index (χ2v) is 5.36. The molecule has 5 nitrogen and oxygen atoms in total. The summed E-state index contributed by atoms with van der Waals surface area (Å²) >= 11 is 0. The molecular formula is C10H13F3O5S. The Hall–Kier alpha value is -1.09. The van der Waals surface area contributed by atoms with Crippen molar-refractivity contribution < 1.29 is 35.3 Å². The molecular weight excluding hydrogens is 289 g/mol. The summed E-state index contributed by atoms with van der Waals surface area (Å²) in [5.74, 6) is -0.857. The summed E-state index contributed by atoms with van der Waals surface area (Å²) in [5.41, 5.74) is -5.69. The lowest BCUT2D eigenvalue weighted by Crippen LogP contribution is -2.34. The molecule has 0 aromatic carbocycles. The molecule has 9 heteroatoms. The maximum atomic E-state index is 12.2. The SMILES string of the molecule is CCOC(=O)C1=CCCCC1OS(=O)(=O)C(F)(F)F. The van der Waals surface area contributed by atoms with E-state index < -0.39 is 27.7 Å². The molecule has 0 bridgehead atoms. The molecule has 110 valence electrons. The molecule has 0 radical (unpaired) electrons. The summed E-state index contributed by atoms with van der Waals surface area (Å²) in [5, 5.41) is 0. The van der Waals surface area contributed by atoms with Gasteiger partial charge in [0.05, 0.1) is 12.2 Å².